The highest BCUT2D eigenvalue weighted by molar-refractivity contribution is 5.90. The van der Waals surface area contributed by atoms with E-state index in [2.05, 4.69) is 10.3 Å². The molecule has 29 heavy (non-hydrogen) atoms. The predicted octanol–water partition coefficient (Wildman–Crippen LogP) is 2.13. The maximum atomic E-state index is 13.2. The van der Waals surface area contributed by atoms with E-state index in [1.54, 1.807) is 19.1 Å². The molecule has 0 aliphatic rings. The molecule has 0 aliphatic carbocycles. The van der Waals surface area contributed by atoms with Gasteiger partial charge in [0, 0.05) is 18.7 Å². The molecule has 1 atom stereocenters. The predicted molar refractivity (Wildman–Crippen MR) is 98.2 cm³/mol. The monoisotopic (exact) mass is 402 g/mol. The van der Waals surface area contributed by atoms with Crippen molar-refractivity contribution in [3.05, 3.63) is 53.2 Å². The number of benzene rings is 1. The van der Waals surface area contributed by atoms with Gasteiger partial charge in [0.15, 0.2) is 6.10 Å². The lowest BCUT2D eigenvalue weighted by Gasteiger charge is -2.08. The minimum atomic E-state index is -1.07. The summed E-state index contributed by atoms with van der Waals surface area (Å²) < 4.78 is 30.3. The molecule has 2 N–H and O–H groups in total. The number of halogens is 1. The summed E-state index contributed by atoms with van der Waals surface area (Å²) in [6, 6.07) is 7.22. The number of hydrogen-bond acceptors (Lipinski definition) is 7. The fourth-order valence-corrected chi connectivity index (χ4v) is 2.52. The average molecular weight is 402 g/mol. The van der Waals surface area contributed by atoms with Crippen LogP contribution in [-0.4, -0.2) is 32.9 Å². The highest BCUT2D eigenvalue weighted by atomic mass is 19.1. The van der Waals surface area contributed by atoms with Gasteiger partial charge in [-0.3, -0.25) is 9.48 Å². The number of aromatic nitrogens is 3. The molecule has 0 fully saturated rings. The van der Waals surface area contributed by atoms with Gasteiger partial charge in [-0.25, -0.2) is 9.18 Å². The molecule has 3 aromatic rings. The van der Waals surface area contributed by atoms with Crippen molar-refractivity contribution >= 4 is 11.9 Å². The Morgan fingerprint density at radius 3 is 2.66 bits per heavy atom. The van der Waals surface area contributed by atoms with Crippen LogP contribution in [-0.2, 0) is 23.2 Å². The smallest absolute Gasteiger partial charge is 0.357 e. The van der Waals surface area contributed by atoms with Crippen molar-refractivity contribution < 1.29 is 28.0 Å². The number of rotatable bonds is 7. The van der Waals surface area contributed by atoms with Crippen molar-refractivity contribution in [3.63, 3.8) is 0 Å². The van der Waals surface area contributed by atoms with Crippen LogP contribution in [0.2, 0.25) is 0 Å². The first-order chi connectivity index (χ1) is 13.8. The van der Waals surface area contributed by atoms with Crippen molar-refractivity contribution in [2.45, 2.75) is 26.6 Å². The molecule has 9 nitrogen and oxygen atoms in total. The SMILES string of the molecule is Cc1onc(-c2ccc(F)cc2)c1COc1cc(C(=O)O[C@H](C)C(N)=O)n(C)n1. The Morgan fingerprint density at radius 2 is 2.00 bits per heavy atom. The number of carbonyl (C=O) groups is 2. The third-order valence-electron chi connectivity index (χ3n) is 4.22. The van der Waals surface area contributed by atoms with E-state index in [1.807, 2.05) is 0 Å². The molecule has 0 unspecified atom stereocenters. The van der Waals surface area contributed by atoms with Crippen LogP contribution in [0.25, 0.3) is 11.3 Å². The van der Waals surface area contributed by atoms with Crippen LogP contribution in [0.5, 0.6) is 5.88 Å². The lowest BCUT2D eigenvalue weighted by molar-refractivity contribution is -0.125. The number of aryl methyl sites for hydroxylation is 2. The lowest BCUT2D eigenvalue weighted by Crippen LogP contribution is -2.31. The minimum absolute atomic E-state index is 0.0607. The fourth-order valence-electron chi connectivity index (χ4n) is 2.52. The Balaban J connectivity index is 1.75. The van der Waals surface area contributed by atoms with Gasteiger partial charge in [-0.1, -0.05) is 5.16 Å². The van der Waals surface area contributed by atoms with Crippen molar-refractivity contribution in [1.29, 1.82) is 0 Å². The van der Waals surface area contributed by atoms with Gasteiger partial charge < -0.3 is 19.7 Å². The largest absolute Gasteiger partial charge is 0.471 e. The van der Waals surface area contributed by atoms with Gasteiger partial charge >= 0.3 is 5.97 Å². The molecular formula is C19H19FN4O5. The fraction of sp³-hybridized carbons (Fsp3) is 0.263. The Morgan fingerprint density at radius 1 is 1.31 bits per heavy atom. The summed E-state index contributed by atoms with van der Waals surface area (Å²) in [5.74, 6) is -1.17. The Hall–Kier alpha value is -3.69. The van der Waals surface area contributed by atoms with Gasteiger partial charge in [0.1, 0.15) is 29.6 Å². The normalized spacial score (nSPS) is 11.9. The number of esters is 1. The van der Waals surface area contributed by atoms with Crippen LogP contribution in [0.15, 0.2) is 34.9 Å². The number of hydrogen-bond donors (Lipinski definition) is 1. The maximum Gasteiger partial charge on any atom is 0.357 e. The topological polar surface area (TPSA) is 122 Å². The summed E-state index contributed by atoms with van der Waals surface area (Å²) in [4.78, 5) is 23.2. The molecule has 1 amide bonds. The van der Waals surface area contributed by atoms with Gasteiger partial charge in [-0.15, -0.1) is 5.10 Å². The average Bonchev–Trinajstić information content (AvgIpc) is 3.23. The number of ether oxygens (including phenoxy) is 2. The lowest BCUT2D eigenvalue weighted by atomic mass is 10.1. The van der Waals surface area contributed by atoms with Crippen molar-refractivity contribution in [3.8, 4) is 17.1 Å². The Kier molecular flexibility index (Phi) is 5.62. The number of amides is 1. The number of nitrogens with two attached hydrogens (primary N) is 1. The second-order valence-electron chi connectivity index (χ2n) is 6.30. The van der Waals surface area contributed by atoms with Crippen LogP contribution < -0.4 is 10.5 Å². The quantitative estimate of drug-likeness (QED) is 0.601. The first-order valence-corrected chi connectivity index (χ1v) is 8.64. The molecule has 2 aromatic heterocycles. The Labute approximate surface area is 165 Å². The van der Waals surface area contributed by atoms with Crippen molar-refractivity contribution in [1.82, 2.24) is 14.9 Å². The van der Waals surface area contributed by atoms with E-state index >= 15 is 0 Å². The highest BCUT2D eigenvalue weighted by Gasteiger charge is 2.21. The van der Waals surface area contributed by atoms with E-state index < -0.39 is 18.0 Å². The number of nitrogens with zero attached hydrogens (tertiary/aromatic N) is 3. The summed E-state index contributed by atoms with van der Waals surface area (Å²) in [7, 11) is 1.53. The summed E-state index contributed by atoms with van der Waals surface area (Å²) in [6.07, 6.45) is -1.07. The van der Waals surface area contributed by atoms with Crippen molar-refractivity contribution in [2.24, 2.45) is 12.8 Å². The van der Waals surface area contributed by atoms with Crippen LogP contribution in [0, 0.1) is 12.7 Å². The van der Waals surface area contributed by atoms with Crippen LogP contribution in [0.3, 0.4) is 0 Å². The van der Waals surface area contributed by atoms with E-state index in [-0.39, 0.29) is 24.0 Å². The van der Waals surface area contributed by atoms with Gasteiger partial charge in [-0.05, 0) is 38.1 Å². The van der Waals surface area contributed by atoms with Gasteiger partial charge in [0.05, 0.1) is 5.56 Å². The van der Waals surface area contributed by atoms with Crippen LogP contribution in [0.4, 0.5) is 4.39 Å². The van der Waals surface area contributed by atoms with E-state index in [9.17, 15) is 14.0 Å². The summed E-state index contributed by atoms with van der Waals surface area (Å²) in [6.45, 7) is 3.16. The first kappa shape index (κ1) is 20.1. The zero-order valence-corrected chi connectivity index (χ0v) is 16.0. The molecule has 0 spiro atoms. The molecule has 0 radical (unpaired) electrons. The molecular weight excluding hydrogens is 383 g/mol. The summed E-state index contributed by atoms with van der Waals surface area (Å²) in [5.41, 5.74) is 7.04. The molecule has 1 aromatic carbocycles. The molecule has 2 heterocycles. The second-order valence-corrected chi connectivity index (χ2v) is 6.30. The number of primary amides is 1. The van der Waals surface area contributed by atoms with E-state index in [4.69, 9.17) is 19.7 Å². The standard InChI is InChI=1S/C19H19FN4O5/c1-10-14(17(23-29-10)12-4-6-13(20)7-5-12)9-27-16-8-15(24(3)22-16)19(26)28-11(2)18(21)25/h4-8,11H,9H2,1-3H3,(H2,21,25)/t11-/m1/s1. The number of carbonyl (C=O) groups excluding carboxylic acids is 2. The van der Waals surface area contributed by atoms with Crippen molar-refractivity contribution in [2.75, 3.05) is 0 Å². The third kappa shape index (κ3) is 4.42. The zero-order chi connectivity index (χ0) is 21.1. The van der Waals surface area contributed by atoms with Gasteiger partial charge in [0.25, 0.3) is 5.91 Å². The van der Waals surface area contributed by atoms with E-state index in [0.29, 0.717) is 22.6 Å². The molecule has 0 bridgehead atoms. The van der Waals surface area contributed by atoms with Crippen LogP contribution >= 0.6 is 0 Å². The third-order valence-corrected chi connectivity index (χ3v) is 4.22. The van der Waals surface area contributed by atoms with E-state index in [1.165, 1.54) is 36.9 Å². The first-order valence-electron chi connectivity index (χ1n) is 8.64. The van der Waals surface area contributed by atoms with Gasteiger partial charge in [0.2, 0.25) is 5.88 Å². The molecule has 10 heteroatoms. The van der Waals surface area contributed by atoms with Gasteiger partial charge in [-0.2, -0.15) is 0 Å². The van der Waals surface area contributed by atoms with E-state index in [0.717, 1.165) is 0 Å². The molecule has 0 saturated carbocycles. The molecule has 0 saturated heterocycles. The minimum Gasteiger partial charge on any atom is -0.471 e. The highest BCUT2D eigenvalue weighted by Crippen LogP contribution is 2.26. The Bertz CT molecular complexity index is 1040. The summed E-state index contributed by atoms with van der Waals surface area (Å²) >= 11 is 0. The molecule has 3 rings (SSSR count). The molecule has 0 aliphatic heterocycles. The van der Waals surface area contributed by atoms with Crippen LogP contribution in [0.1, 0.15) is 28.7 Å². The molecule has 152 valence electrons. The zero-order valence-electron chi connectivity index (χ0n) is 16.0. The second kappa shape index (κ2) is 8.13. The maximum absolute atomic E-state index is 13.2. The summed E-state index contributed by atoms with van der Waals surface area (Å²) in [5, 5.41) is 8.11.